The van der Waals surface area contributed by atoms with Gasteiger partial charge in [-0.1, -0.05) is 54.6 Å². The summed E-state index contributed by atoms with van der Waals surface area (Å²) < 4.78 is 0. The third-order valence-electron chi connectivity index (χ3n) is 3.73. The van der Waals surface area contributed by atoms with Crippen LogP contribution in [-0.2, 0) is 6.54 Å². The maximum absolute atomic E-state index is 3.59. The predicted molar refractivity (Wildman–Crippen MR) is 91.4 cm³/mol. The molecule has 21 heavy (non-hydrogen) atoms. The van der Waals surface area contributed by atoms with Gasteiger partial charge in [0.15, 0.2) is 0 Å². The second-order valence-corrected chi connectivity index (χ2v) is 5.94. The minimum atomic E-state index is 0.543. The predicted octanol–water partition coefficient (Wildman–Crippen LogP) is 3.78. The molecule has 0 radical (unpaired) electrons. The number of hydrogen-bond donors (Lipinski definition) is 1. The molecule has 2 aromatic carbocycles. The van der Waals surface area contributed by atoms with Crippen LogP contribution in [0.25, 0.3) is 11.1 Å². The fourth-order valence-electron chi connectivity index (χ4n) is 2.29. The summed E-state index contributed by atoms with van der Waals surface area (Å²) in [5, 5.41) is 3.59. The Morgan fingerprint density at radius 3 is 2.14 bits per heavy atom. The van der Waals surface area contributed by atoms with Gasteiger partial charge in [-0.3, -0.25) is 0 Å². The monoisotopic (exact) mass is 282 g/mol. The van der Waals surface area contributed by atoms with Crippen LogP contribution in [0, 0.1) is 0 Å². The zero-order chi connectivity index (χ0) is 15.1. The fraction of sp³-hybridized carbons (Fsp3) is 0.368. The van der Waals surface area contributed by atoms with Gasteiger partial charge in [0.1, 0.15) is 0 Å². The second kappa shape index (κ2) is 7.96. The molecular formula is C19H26N2. The zero-order valence-corrected chi connectivity index (χ0v) is 13.3. The summed E-state index contributed by atoms with van der Waals surface area (Å²) in [4.78, 5) is 2.23. The third-order valence-corrected chi connectivity index (χ3v) is 3.73. The molecule has 2 nitrogen and oxygen atoms in total. The van der Waals surface area contributed by atoms with Crippen LogP contribution in [-0.4, -0.2) is 31.6 Å². The van der Waals surface area contributed by atoms with E-state index in [-0.39, 0.29) is 0 Å². The first kappa shape index (κ1) is 15.7. The van der Waals surface area contributed by atoms with Crippen molar-refractivity contribution in [2.24, 2.45) is 0 Å². The summed E-state index contributed by atoms with van der Waals surface area (Å²) in [5.41, 5.74) is 3.89. The number of rotatable bonds is 7. The summed E-state index contributed by atoms with van der Waals surface area (Å²) in [6, 6.07) is 19.9. The molecule has 112 valence electrons. The van der Waals surface area contributed by atoms with Crippen LogP contribution in [0.5, 0.6) is 0 Å². The molecule has 0 fully saturated rings. The van der Waals surface area contributed by atoms with Crippen LogP contribution in [0.2, 0.25) is 0 Å². The molecule has 0 aliphatic carbocycles. The van der Waals surface area contributed by atoms with Crippen molar-refractivity contribution in [2.75, 3.05) is 20.6 Å². The molecule has 0 heterocycles. The smallest absolute Gasteiger partial charge is 0.0207 e. The van der Waals surface area contributed by atoms with Crippen molar-refractivity contribution in [2.45, 2.75) is 25.9 Å². The van der Waals surface area contributed by atoms with E-state index in [1.807, 2.05) is 0 Å². The fourth-order valence-corrected chi connectivity index (χ4v) is 2.29. The van der Waals surface area contributed by atoms with Gasteiger partial charge in [-0.2, -0.15) is 0 Å². The van der Waals surface area contributed by atoms with E-state index in [4.69, 9.17) is 0 Å². The summed E-state index contributed by atoms with van der Waals surface area (Å²) >= 11 is 0. The largest absolute Gasteiger partial charge is 0.310 e. The Morgan fingerprint density at radius 1 is 0.905 bits per heavy atom. The average molecular weight is 282 g/mol. The molecule has 0 saturated carbocycles. The SMILES string of the molecule is CC(CCN(C)C)NCc1ccc(-c2ccccc2)cc1. The van der Waals surface area contributed by atoms with E-state index in [1.165, 1.54) is 23.1 Å². The van der Waals surface area contributed by atoms with E-state index >= 15 is 0 Å². The normalized spacial score (nSPS) is 12.6. The van der Waals surface area contributed by atoms with Crippen LogP contribution >= 0.6 is 0 Å². The molecule has 0 aliphatic rings. The summed E-state index contributed by atoms with van der Waals surface area (Å²) in [7, 11) is 4.24. The van der Waals surface area contributed by atoms with Gasteiger partial charge in [-0.15, -0.1) is 0 Å². The van der Waals surface area contributed by atoms with E-state index < -0.39 is 0 Å². The number of nitrogens with zero attached hydrogens (tertiary/aromatic N) is 1. The number of hydrogen-bond acceptors (Lipinski definition) is 2. The van der Waals surface area contributed by atoms with Crippen molar-refractivity contribution in [3.8, 4) is 11.1 Å². The van der Waals surface area contributed by atoms with E-state index in [0.29, 0.717) is 6.04 Å². The molecule has 0 spiro atoms. The van der Waals surface area contributed by atoms with Gasteiger partial charge in [-0.05, 0) is 50.7 Å². The molecule has 0 saturated heterocycles. The van der Waals surface area contributed by atoms with Crippen molar-refractivity contribution in [3.63, 3.8) is 0 Å². The Bertz CT molecular complexity index is 517. The molecule has 0 aliphatic heterocycles. The molecule has 2 heteroatoms. The van der Waals surface area contributed by atoms with E-state index in [1.54, 1.807) is 0 Å². The zero-order valence-electron chi connectivity index (χ0n) is 13.3. The highest BCUT2D eigenvalue weighted by atomic mass is 15.1. The molecule has 0 aromatic heterocycles. The standard InChI is InChI=1S/C19H26N2/c1-16(13-14-21(2)3)20-15-17-9-11-19(12-10-17)18-7-5-4-6-8-18/h4-12,16,20H,13-15H2,1-3H3. The lowest BCUT2D eigenvalue weighted by Gasteiger charge is -2.16. The Hall–Kier alpha value is -1.64. The lowest BCUT2D eigenvalue weighted by atomic mass is 10.0. The Balaban J connectivity index is 1.85. The van der Waals surface area contributed by atoms with Crippen LogP contribution in [0.1, 0.15) is 18.9 Å². The number of nitrogens with one attached hydrogen (secondary N) is 1. The molecule has 2 aromatic rings. The van der Waals surface area contributed by atoms with Crippen LogP contribution in [0.3, 0.4) is 0 Å². The summed E-state index contributed by atoms with van der Waals surface area (Å²) in [6.45, 7) is 4.31. The summed E-state index contributed by atoms with van der Waals surface area (Å²) in [6.07, 6.45) is 1.18. The van der Waals surface area contributed by atoms with Gasteiger partial charge in [0.25, 0.3) is 0 Å². The topological polar surface area (TPSA) is 15.3 Å². The minimum absolute atomic E-state index is 0.543. The number of benzene rings is 2. The maximum atomic E-state index is 3.59. The molecular weight excluding hydrogens is 256 g/mol. The van der Waals surface area contributed by atoms with Crippen LogP contribution in [0.4, 0.5) is 0 Å². The van der Waals surface area contributed by atoms with E-state index in [9.17, 15) is 0 Å². The van der Waals surface area contributed by atoms with Crippen molar-refractivity contribution in [1.82, 2.24) is 10.2 Å². The van der Waals surface area contributed by atoms with E-state index in [2.05, 4.69) is 85.8 Å². The second-order valence-electron chi connectivity index (χ2n) is 5.94. The third kappa shape index (κ3) is 5.33. The first-order valence-electron chi connectivity index (χ1n) is 7.67. The quantitative estimate of drug-likeness (QED) is 0.831. The first-order chi connectivity index (χ1) is 10.1. The molecule has 1 N–H and O–H groups in total. The Morgan fingerprint density at radius 2 is 1.52 bits per heavy atom. The lowest BCUT2D eigenvalue weighted by Crippen LogP contribution is -2.29. The van der Waals surface area contributed by atoms with Crippen molar-refractivity contribution < 1.29 is 0 Å². The minimum Gasteiger partial charge on any atom is -0.310 e. The molecule has 0 bridgehead atoms. The maximum Gasteiger partial charge on any atom is 0.0207 e. The van der Waals surface area contributed by atoms with Gasteiger partial charge < -0.3 is 10.2 Å². The molecule has 0 amide bonds. The highest BCUT2D eigenvalue weighted by Crippen LogP contribution is 2.19. The molecule has 2 rings (SSSR count). The molecule has 1 atom stereocenters. The lowest BCUT2D eigenvalue weighted by molar-refractivity contribution is 0.365. The summed E-state index contributed by atoms with van der Waals surface area (Å²) in [5.74, 6) is 0. The van der Waals surface area contributed by atoms with Gasteiger partial charge in [-0.25, -0.2) is 0 Å². The Kier molecular flexibility index (Phi) is 5.97. The van der Waals surface area contributed by atoms with Gasteiger partial charge in [0.05, 0.1) is 0 Å². The van der Waals surface area contributed by atoms with Gasteiger partial charge in [0, 0.05) is 12.6 Å². The highest BCUT2D eigenvalue weighted by molar-refractivity contribution is 5.63. The van der Waals surface area contributed by atoms with Crippen molar-refractivity contribution in [3.05, 3.63) is 60.2 Å². The van der Waals surface area contributed by atoms with Gasteiger partial charge >= 0.3 is 0 Å². The van der Waals surface area contributed by atoms with Crippen LogP contribution < -0.4 is 5.32 Å². The Labute approximate surface area is 128 Å². The molecule has 1 unspecified atom stereocenters. The van der Waals surface area contributed by atoms with Gasteiger partial charge in [0.2, 0.25) is 0 Å². The first-order valence-corrected chi connectivity index (χ1v) is 7.67. The van der Waals surface area contributed by atoms with Crippen LogP contribution in [0.15, 0.2) is 54.6 Å². The highest BCUT2D eigenvalue weighted by Gasteiger charge is 2.03. The average Bonchev–Trinajstić information content (AvgIpc) is 2.52. The van der Waals surface area contributed by atoms with Crippen molar-refractivity contribution in [1.29, 1.82) is 0 Å². The van der Waals surface area contributed by atoms with E-state index in [0.717, 1.165) is 13.1 Å². The van der Waals surface area contributed by atoms with Crippen molar-refractivity contribution >= 4 is 0 Å².